The minimum Gasteiger partial charge on any atom is -0.443 e. The summed E-state index contributed by atoms with van der Waals surface area (Å²) in [5.74, 6) is -0.777. The Labute approximate surface area is 381 Å². The van der Waals surface area contributed by atoms with Crippen molar-refractivity contribution in [2.24, 2.45) is 0 Å². The highest BCUT2D eigenvalue weighted by Gasteiger charge is 2.42. The van der Waals surface area contributed by atoms with Gasteiger partial charge in [-0.1, -0.05) is 24.3 Å². The zero-order valence-corrected chi connectivity index (χ0v) is 38.6. The number of carbonyl (C=O) groups excluding carboxylic acids is 1. The molecule has 338 valence electrons. The van der Waals surface area contributed by atoms with Gasteiger partial charge in [0.15, 0.2) is 0 Å². The van der Waals surface area contributed by atoms with Gasteiger partial charge >= 0.3 is 6.09 Å². The fraction of sp³-hybridized carbons (Fsp3) is 0.220. The van der Waals surface area contributed by atoms with Crippen LogP contribution in [0.3, 0.4) is 0 Å². The number of aromatic nitrogens is 4. The molecule has 0 fully saturated rings. The number of fused-ring (bicyclic) bond motifs is 4. The van der Waals surface area contributed by atoms with E-state index in [4.69, 9.17) is 4.74 Å². The van der Waals surface area contributed by atoms with Gasteiger partial charge < -0.3 is 9.72 Å². The number of nitrogens with zero attached hydrogens (tertiary/aromatic N) is 5. The fourth-order valence-corrected chi connectivity index (χ4v) is 12.4. The molecule has 0 bridgehead atoms. The summed E-state index contributed by atoms with van der Waals surface area (Å²) in [6, 6.07) is 29.7. The molecule has 12 nitrogen and oxygen atoms in total. The van der Waals surface area contributed by atoms with Crippen molar-refractivity contribution in [3.63, 3.8) is 0 Å². The number of aromatic amines is 1. The second kappa shape index (κ2) is 16.7. The summed E-state index contributed by atoms with van der Waals surface area (Å²) in [7, 11) is -7.31. The first-order chi connectivity index (χ1) is 31.3. The van der Waals surface area contributed by atoms with Crippen LogP contribution in [0.1, 0.15) is 74.9 Å². The largest absolute Gasteiger partial charge is 0.443 e. The Bertz CT molecular complexity index is 3440. The van der Waals surface area contributed by atoms with E-state index in [0.717, 1.165) is 39.0 Å². The van der Waals surface area contributed by atoms with Crippen LogP contribution in [0.2, 0.25) is 0 Å². The first kappa shape index (κ1) is 44.6. The molecule has 4 aromatic heterocycles. The molecule has 0 aliphatic carbocycles. The first-order valence-corrected chi connectivity index (χ1v) is 24.1. The standard InChI is InChI=1S/C27H26FN3O4S.C23H20FN3O2S/c1-17-22-13-18(8-11-25(22)36(33,34)31(17)15-20-7-5-6-12-29-20)23-16-30(26(32)35-27(2,3)4)24-14-19(28)9-10-21(23)24;1-14-4-3-5-18(26-14)13-27-15(2)20-10-16(6-9-23(20)30(27,28)29)21-12-25-22-11-17(24)7-8-19(21)22/h5-14,16-17H,15H2,1-4H3;3-12,15,25H,13H2,1-2H3/t17-;15-/m11/s1. The van der Waals surface area contributed by atoms with Crippen molar-refractivity contribution in [1.82, 2.24) is 28.1 Å². The molecule has 0 amide bonds. The maximum atomic E-state index is 14.1. The summed E-state index contributed by atoms with van der Waals surface area (Å²) in [5, 5.41) is 1.55. The fourth-order valence-electron chi connectivity index (χ4n) is 8.71. The summed E-state index contributed by atoms with van der Waals surface area (Å²) in [6.45, 7) is 11.3. The second-order valence-electron chi connectivity index (χ2n) is 17.5. The molecule has 4 aromatic carbocycles. The van der Waals surface area contributed by atoms with Crippen LogP contribution in [-0.4, -0.2) is 56.7 Å². The molecule has 2 atom stereocenters. The van der Waals surface area contributed by atoms with Crippen LogP contribution < -0.4 is 0 Å². The molecule has 10 rings (SSSR count). The molecule has 1 N–H and O–H groups in total. The van der Waals surface area contributed by atoms with E-state index in [1.54, 1.807) is 75.6 Å². The molecule has 0 radical (unpaired) electrons. The van der Waals surface area contributed by atoms with Gasteiger partial charge in [-0.05, 0) is 149 Å². The van der Waals surface area contributed by atoms with E-state index in [-0.39, 0.29) is 29.8 Å². The van der Waals surface area contributed by atoms with Crippen molar-refractivity contribution < 1.29 is 35.1 Å². The maximum absolute atomic E-state index is 14.1. The number of rotatable bonds is 6. The topological polar surface area (TPSA) is 148 Å². The van der Waals surface area contributed by atoms with Gasteiger partial charge in [-0.15, -0.1) is 0 Å². The van der Waals surface area contributed by atoms with Gasteiger partial charge in [-0.3, -0.25) is 14.5 Å². The Kier molecular flexibility index (Phi) is 11.3. The molecule has 2 aliphatic heterocycles. The normalized spacial score (nSPS) is 17.6. The van der Waals surface area contributed by atoms with Crippen molar-refractivity contribution in [3.05, 3.63) is 168 Å². The number of pyridine rings is 2. The van der Waals surface area contributed by atoms with Gasteiger partial charge in [0, 0.05) is 63.8 Å². The SMILES string of the molecule is C[C@@H]1c2cc(-c3cn(C(=O)OC(C)(C)C)c4cc(F)ccc34)ccc2S(=O)(=O)N1Cc1ccccn1.Cc1cccc(CN2[C@H](C)c3cc(-c4c[nH]c5cc(F)ccc45)ccc3S2(=O)=O)n1. The third-order valence-corrected chi connectivity index (χ3v) is 15.9. The van der Waals surface area contributed by atoms with E-state index in [9.17, 15) is 30.4 Å². The molecule has 66 heavy (non-hydrogen) atoms. The predicted octanol–water partition coefficient (Wildman–Crippen LogP) is 10.8. The molecular weight excluding hydrogens is 883 g/mol. The number of aryl methyl sites for hydroxylation is 1. The van der Waals surface area contributed by atoms with Gasteiger partial charge in [0.1, 0.15) is 17.2 Å². The Hall–Kier alpha value is -6.59. The van der Waals surface area contributed by atoms with Crippen molar-refractivity contribution in [2.75, 3.05) is 0 Å². The number of carbonyl (C=O) groups is 1. The van der Waals surface area contributed by atoms with Crippen LogP contribution in [0.4, 0.5) is 13.6 Å². The lowest BCUT2D eigenvalue weighted by Crippen LogP contribution is -2.27. The number of ether oxygens (including phenoxy) is 1. The molecule has 0 saturated heterocycles. The lowest BCUT2D eigenvalue weighted by Gasteiger charge is -2.19. The quantitative estimate of drug-likeness (QED) is 0.173. The summed E-state index contributed by atoms with van der Waals surface area (Å²) in [5.41, 5.74) is 7.19. The average molecular weight is 929 g/mol. The molecule has 2 aliphatic rings. The molecule has 8 aromatic rings. The van der Waals surface area contributed by atoms with Gasteiger partial charge in [0.05, 0.1) is 39.8 Å². The molecule has 6 heterocycles. The van der Waals surface area contributed by atoms with E-state index in [1.165, 1.54) is 37.4 Å². The van der Waals surface area contributed by atoms with Crippen LogP contribution in [0.5, 0.6) is 0 Å². The number of hydrogen-bond donors (Lipinski definition) is 1. The number of H-pyrrole nitrogens is 1. The highest BCUT2D eigenvalue weighted by atomic mass is 32.2. The lowest BCUT2D eigenvalue weighted by atomic mass is 9.99. The third-order valence-electron chi connectivity index (χ3n) is 11.9. The van der Waals surface area contributed by atoms with E-state index in [1.807, 2.05) is 69.4 Å². The van der Waals surface area contributed by atoms with Crippen molar-refractivity contribution in [3.8, 4) is 22.3 Å². The molecule has 0 unspecified atom stereocenters. The van der Waals surface area contributed by atoms with Crippen LogP contribution in [-0.2, 0) is 37.9 Å². The highest BCUT2D eigenvalue weighted by molar-refractivity contribution is 7.89. The Morgan fingerprint density at radius 1 is 0.712 bits per heavy atom. The second-order valence-corrected chi connectivity index (χ2v) is 21.2. The minimum absolute atomic E-state index is 0.158. The molecular formula is C50H46F2N6O6S2. The summed E-state index contributed by atoms with van der Waals surface area (Å²) < 4.78 is 90.4. The monoisotopic (exact) mass is 928 g/mol. The zero-order chi connectivity index (χ0) is 46.9. The summed E-state index contributed by atoms with van der Waals surface area (Å²) in [4.78, 5) is 25.3. The van der Waals surface area contributed by atoms with E-state index >= 15 is 0 Å². The Balaban J connectivity index is 0.000000169. The van der Waals surface area contributed by atoms with Crippen LogP contribution >= 0.6 is 0 Å². The van der Waals surface area contributed by atoms with Gasteiger partial charge in [-0.2, -0.15) is 8.61 Å². The first-order valence-electron chi connectivity index (χ1n) is 21.3. The van der Waals surface area contributed by atoms with Crippen LogP contribution in [0.25, 0.3) is 44.1 Å². The lowest BCUT2D eigenvalue weighted by molar-refractivity contribution is 0.0544. The van der Waals surface area contributed by atoms with E-state index in [2.05, 4.69) is 15.0 Å². The molecule has 0 spiro atoms. The zero-order valence-electron chi connectivity index (χ0n) is 37.0. The van der Waals surface area contributed by atoms with Gasteiger partial charge in [-0.25, -0.2) is 30.4 Å². The van der Waals surface area contributed by atoms with Crippen LogP contribution in [0, 0.1) is 18.6 Å². The minimum atomic E-state index is -3.70. The maximum Gasteiger partial charge on any atom is 0.419 e. The number of hydrogen-bond acceptors (Lipinski definition) is 8. The summed E-state index contributed by atoms with van der Waals surface area (Å²) in [6.07, 6.45) is 4.45. The highest BCUT2D eigenvalue weighted by Crippen LogP contribution is 2.44. The molecule has 0 saturated carbocycles. The van der Waals surface area contributed by atoms with E-state index in [0.29, 0.717) is 38.1 Å². The number of sulfonamides is 2. The Morgan fingerprint density at radius 3 is 1.91 bits per heavy atom. The van der Waals surface area contributed by atoms with Crippen molar-refractivity contribution in [2.45, 2.75) is 82.1 Å². The average Bonchev–Trinajstić information content (AvgIpc) is 3.96. The third kappa shape index (κ3) is 8.18. The predicted molar refractivity (Wildman–Crippen MR) is 248 cm³/mol. The van der Waals surface area contributed by atoms with Crippen molar-refractivity contribution in [1.29, 1.82) is 0 Å². The Morgan fingerprint density at radius 2 is 1.30 bits per heavy atom. The molecule has 16 heteroatoms. The van der Waals surface area contributed by atoms with Gasteiger partial charge in [0.25, 0.3) is 0 Å². The van der Waals surface area contributed by atoms with Crippen molar-refractivity contribution >= 4 is 47.9 Å². The number of benzene rings is 4. The number of nitrogens with one attached hydrogen (secondary N) is 1. The summed E-state index contributed by atoms with van der Waals surface area (Å²) >= 11 is 0. The smallest absolute Gasteiger partial charge is 0.419 e. The number of halogens is 2. The van der Waals surface area contributed by atoms with E-state index < -0.39 is 43.6 Å². The van der Waals surface area contributed by atoms with Gasteiger partial charge in [0.2, 0.25) is 20.0 Å². The van der Waals surface area contributed by atoms with Crippen LogP contribution in [0.15, 0.2) is 138 Å².